The van der Waals surface area contributed by atoms with Crippen molar-refractivity contribution in [2.75, 3.05) is 13.7 Å². The van der Waals surface area contributed by atoms with E-state index in [0.29, 0.717) is 12.6 Å². The van der Waals surface area contributed by atoms with Crippen molar-refractivity contribution in [3.05, 3.63) is 58.7 Å². The van der Waals surface area contributed by atoms with Gasteiger partial charge >= 0.3 is 0 Å². The van der Waals surface area contributed by atoms with Gasteiger partial charge in [0, 0.05) is 12.6 Å². The van der Waals surface area contributed by atoms with E-state index in [1.807, 2.05) is 13.0 Å². The fourth-order valence-corrected chi connectivity index (χ4v) is 3.51. The second-order valence-corrected chi connectivity index (χ2v) is 6.76. The van der Waals surface area contributed by atoms with Crippen molar-refractivity contribution in [1.29, 1.82) is 0 Å². The highest BCUT2D eigenvalue weighted by Crippen LogP contribution is 2.29. The molecule has 0 fully saturated rings. The van der Waals surface area contributed by atoms with Crippen molar-refractivity contribution < 1.29 is 9.47 Å². The van der Waals surface area contributed by atoms with Crippen LogP contribution >= 0.6 is 0 Å². The van der Waals surface area contributed by atoms with Crippen molar-refractivity contribution in [3.63, 3.8) is 0 Å². The van der Waals surface area contributed by atoms with Gasteiger partial charge in [0.15, 0.2) is 11.5 Å². The van der Waals surface area contributed by atoms with Gasteiger partial charge < -0.3 is 14.8 Å². The first-order valence-electron chi connectivity index (χ1n) is 9.36. The summed E-state index contributed by atoms with van der Waals surface area (Å²) in [6.45, 7) is 5.67. The number of hydrogen-bond donors (Lipinski definition) is 1. The highest BCUT2D eigenvalue weighted by molar-refractivity contribution is 5.43. The number of ether oxygens (including phenoxy) is 2. The summed E-state index contributed by atoms with van der Waals surface area (Å²) in [6, 6.07) is 13.5. The van der Waals surface area contributed by atoms with E-state index in [9.17, 15) is 0 Å². The van der Waals surface area contributed by atoms with Gasteiger partial charge in [-0.3, -0.25) is 0 Å². The Balaban J connectivity index is 1.65. The third-order valence-electron chi connectivity index (χ3n) is 5.01. The maximum absolute atomic E-state index is 5.67. The summed E-state index contributed by atoms with van der Waals surface area (Å²) >= 11 is 0. The van der Waals surface area contributed by atoms with Crippen molar-refractivity contribution in [2.24, 2.45) is 0 Å². The van der Waals surface area contributed by atoms with Gasteiger partial charge in [0.05, 0.1) is 13.7 Å². The quantitative estimate of drug-likeness (QED) is 0.784. The molecule has 3 heteroatoms. The number of rotatable bonds is 7. The van der Waals surface area contributed by atoms with E-state index in [-0.39, 0.29) is 0 Å². The number of nitrogens with one attached hydrogen (secondary N) is 1. The molecule has 0 saturated heterocycles. The molecular formula is C22H29NO2. The molecule has 1 unspecified atom stereocenters. The lowest BCUT2D eigenvalue weighted by molar-refractivity contribution is 0.310. The largest absolute Gasteiger partial charge is 0.493 e. The molecule has 0 amide bonds. The van der Waals surface area contributed by atoms with E-state index in [1.54, 1.807) is 18.2 Å². The Morgan fingerprint density at radius 3 is 2.56 bits per heavy atom. The average Bonchev–Trinajstić information content (AvgIpc) is 2.66. The minimum Gasteiger partial charge on any atom is -0.493 e. The molecule has 0 spiro atoms. The molecule has 0 bridgehead atoms. The van der Waals surface area contributed by atoms with Crippen LogP contribution in [-0.2, 0) is 19.4 Å². The predicted molar refractivity (Wildman–Crippen MR) is 103 cm³/mol. The molecule has 0 aliphatic heterocycles. The van der Waals surface area contributed by atoms with Crippen LogP contribution in [0, 0.1) is 0 Å². The lowest BCUT2D eigenvalue weighted by atomic mass is 9.89. The molecule has 0 heterocycles. The van der Waals surface area contributed by atoms with Crippen molar-refractivity contribution in [2.45, 2.75) is 52.1 Å². The van der Waals surface area contributed by atoms with Gasteiger partial charge in [-0.1, -0.05) is 24.3 Å². The Labute approximate surface area is 151 Å². The van der Waals surface area contributed by atoms with Gasteiger partial charge in [-0.05, 0) is 73.9 Å². The van der Waals surface area contributed by atoms with E-state index >= 15 is 0 Å². The smallest absolute Gasteiger partial charge is 0.161 e. The molecule has 2 aromatic rings. The van der Waals surface area contributed by atoms with Crippen LogP contribution in [-0.4, -0.2) is 13.7 Å². The number of benzene rings is 2. The van der Waals surface area contributed by atoms with Crippen molar-refractivity contribution in [3.8, 4) is 11.5 Å². The second kappa shape index (κ2) is 8.39. The Bertz CT molecular complexity index is 711. The molecule has 1 aliphatic rings. The molecule has 0 radical (unpaired) electrons. The molecule has 2 aromatic carbocycles. The summed E-state index contributed by atoms with van der Waals surface area (Å²) in [7, 11) is 1.67. The number of fused-ring (bicyclic) bond motifs is 1. The number of hydrogen-bond acceptors (Lipinski definition) is 3. The molecule has 1 atom stereocenters. The van der Waals surface area contributed by atoms with Crippen LogP contribution in [0.3, 0.4) is 0 Å². The highest BCUT2D eigenvalue weighted by Gasteiger charge is 2.13. The number of methoxy groups -OCH3 is 1. The van der Waals surface area contributed by atoms with Crippen LogP contribution < -0.4 is 14.8 Å². The Morgan fingerprint density at radius 2 is 1.80 bits per heavy atom. The maximum Gasteiger partial charge on any atom is 0.161 e. The Kier molecular flexibility index (Phi) is 5.98. The Morgan fingerprint density at radius 1 is 1.00 bits per heavy atom. The summed E-state index contributed by atoms with van der Waals surface area (Å²) in [5, 5.41) is 3.63. The topological polar surface area (TPSA) is 30.5 Å². The van der Waals surface area contributed by atoms with Crippen LogP contribution in [0.25, 0.3) is 0 Å². The van der Waals surface area contributed by atoms with Crippen molar-refractivity contribution >= 4 is 0 Å². The molecule has 1 N–H and O–H groups in total. The zero-order valence-electron chi connectivity index (χ0n) is 15.6. The third kappa shape index (κ3) is 4.35. The van der Waals surface area contributed by atoms with Gasteiger partial charge in [0.1, 0.15) is 0 Å². The molecule has 0 aromatic heterocycles. The first-order valence-corrected chi connectivity index (χ1v) is 9.36. The van der Waals surface area contributed by atoms with Crippen LogP contribution in [0.4, 0.5) is 0 Å². The fourth-order valence-electron chi connectivity index (χ4n) is 3.51. The van der Waals surface area contributed by atoms with E-state index in [2.05, 4.69) is 42.6 Å². The summed E-state index contributed by atoms with van der Waals surface area (Å²) in [5.41, 5.74) is 5.66. The van der Waals surface area contributed by atoms with Crippen LogP contribution in [0.2, 0.25) is 0 Å². The normalized spacial score (nSPS) is 14.7. The highest BCUT2D eigenvalue weighted by atomic mass is 16.5. The SMILES string of the molecule is CCOc1cc(CNC(C)c2ccc3c(c2)CCCC3)ccc1OC. The molecule has 3 rings (SSSR count). The minimum atomic E-state index is 0.324. The molecule has 25 heavy (non-hydrogen) atoms. The molecular weight excluding hydrogens is 310 g/mol. The van der Waals surface area contributed by atoms with Gasteiger partial charge in [-0.25, -0.2) is 0 Å². The fraction of sp³-hybridized carbons (Fsp3) is 0.455. The zero-order chi connectivity index (χ0) is 17.6. The monoisotopic (exact) mass is 339 g/mol. The first kappa shape index (κ1) is 17.8. The molecule has 3 nitrogen and oxygen atoms in total. The molecule has 134 valence electrons. The van der Waals surface area contributed by atoms with Crippen LogP contribution in [0.5, 0.6) is 11.5 Å². The van der Waals surface area contributed by atoms with Gasteiger partial charge in [0.25, 0.3) is 0 Å². The van der Waals surface area contributed by atoms with Crippen LogP contribution in [0.1, 0.15) is 55.0 Å². The van der Waals surface area contributed by atoms with E-state index < -0.39 is 0 Å². The summed E-state index contributed by atoms with van der Waals surface area (Å²) < 4.78 is 11.0. The van der Waals surface area contributed by atoms with E-state index in [0.717, 1.165) is 18.0 Å². The summed E-state index contributed by atoms with van der Waals surface area (Å²) in [4.78, 5) is 0. The molecule has 0 saturated carbocycles. The van der Waals surface area contributed by atoms with E-state index in [4.69, 9.17) is 9.47 Å². The Hall–Kier alpha value is -2.00. The van der Waals surface area contributed by atoms with Gasteiger partial charge in [-0.2, -0.15) is 0 Å². The second-order valence-electron chi connectivity index (χ2n) is 6.76. The lowest BCUT2D eigenvalue weighted by Gasteiger charge is -2.20. The first-order chi connectivity index (χ1) is 12.2. The predicted octanol–water partition coefficient (Wildman–Crippen LogP) is 4.82. The number of aryl methyl sites for hydroxylation is 2. The molecule has 1 aliphatic carbocycles. The van der Waals surface area contributed by atoms with Gasteiger partial charge in [0.2, 0.25) is 0 Å². The van der Waals surface area contributed by atoms with Crippen molar-refractivity contribution in [1.82, 2.24) is 5.32 Å². The zero-order valence-corrected chi connectivity index (χ0v) is 15.6. The minimum absolute atomic E-state index is 0.324. The van der Waals surface area contributed by atoms with Crippen LogP contribution in [0.15, 0.2) is 36.4 Å². The lowest BCUT2D eigenvalue weighted by Crippen LogP contribution is -2.18. The average molecular weight is 339 g/mol. The third-order valence-corrected chi connectivity index (χ3v) is 5.01. The maximum atomic E-state index is 5.67. The summed E-state index contributed by atoms with van der Waals surface area (Å²) in [6.07, 6.45) is 5.12. The van der Waals surface area contributed by atoms with E-state index in [1.165, 1.54) is 36.8 Å². The van der Waals surface area contributed by atoms with Gasteiger partial charge in [-0.15, -0.1) is 0 Å². The summed E-state index contributed by atoms with van der Waals surface area (Å²) in [5.74, 6) is 1.60. The standard InChI is InChI=1S/C22H29NO2/c1-4-25-22-13-17(9-12-21(22)24-3)15-23-16(2)19-11-10-18-7-5-6-8-20(18)14-19/h9-14,16,23H,4-8,15H2,1-3H3.